The molecule has 112 valence electrons. The van der Waals surface area contributed by atoms with Crippen LogP contribution in [0.1, 0.15) is 18.2 Å². The molecule has 2 heterocycles. The van der Waals surface area contributed by atoms with Gasteiger partial charge in [0, 0.05) is 28.2 Å². The topological polar surface area (TPSA) is 25.8 Å². The van der Waals surface area contributed by atoms with E-state index in [-0.39, 0.29) is 0 Å². The van der Waals surface area contributed by atoms with Crippen LogP contribution in [0.5, 0.6) is 0 Å². The van der Waals surface area contributed by atoms with E-state index < -0.39 is 0 Å². The van der Waals surface area contributed by atoms with Crippen LogP contribution < -0.4 is 0 Å². The predicted octanol–water partition coefficient (Wildman–Crippen LogP) is 5.32. The van der Waals surface area contributed by atoms with Crippen LogP contribution in [0.3, 0.4) is 0 Å². The summed E-state index contributed by atoms with van der Waals surface area (Å²) in [6.45, 7) is 4.25. The predicted molar refractivity (Wildman–Crippen MR) is 96.6 cm³/mol. The van der Waals surface area contributed by atoms with E-state index in [1.807, 2.05) is 6.20 Å². The van der Waals surface area contributed by atoms with Crippen molar-refractivity contribution in [1.29, 1.82) is 0 Å². The third-order valence-electron chi connectivity index (χ3n) is 4.32. The van der Waals surface area contributed by atoms with Gasteiger partial charge in [-0.2, -0.15) is 0 Å². The van der Waals surface area contributed by atoms with Crippen LogP contribution in [0, 0.1) is 6.92 Å². The first kappa shape index (κ1) is 13.9. The average molecular weight is 298 g/mol. The molecule has 2 aromatic carbocycles. The standard InChI is InChI=1S/C21H18N2/c1-3-16-7-8-18-17-11-12-22-21(15-6-4-5-14(2)13-15)19(17)9-10-20(18)23-16/h4-13H,3H2,1-2H3. The highest BCUT2D eigenvalue weighted by atomic mass is 14.7. The summed E-state index contributed by atoms with van der Waals surface area (Å²) in [5, 5.41) is 3.58. The smallest absolute Gasteiger partial charge is 0.0780 e. The Morgan fingerprint density at radius 2 is 1.74 bits per heavy atom. The number of benzene rings is 2. The van der Waals surface area contributed by atoms with Crippen molar-refractivity contribution in [3.63, 3.8) is 0 Å². The number of nitrogens with zero attached hydrogens (tertiary/aromatic N) is 2. The minimum atomic E-state index is 0.957. The number of pyridine rings is 2. The van der Waals surface area contributed by atoms with Gasteiger partial charge in [0.15, 0.2) is 0 Å². The third-order valence-corrected chi connectivity index (χ3v) is 4.32. The number of rotatable bonds is 2. The maximum absolute atomic E-state index is 4.74. The van der Waals surface area contributed by atoms with Gasteiger partial charge in [-0.05, 0) is 49.1 Å². The van der Waals surface area contributed by atoms with Crippen molar-refractivity contribution in [3.8, 4) is 11.3 Å². The summed E-state index contributed by atoms with van der Waals surface area (Å²) < 4.78 is 0. The van der Waals surface area contributed by atoms with E-state index in [4.69, 9.17) is 4.98 Å². The van der Waals surface area contributed by atoms with Crippen LogP contribution in [0.4, 0.5) is 0 Å². The van der Waals surface area contributed by atoms with E-state index in [2.05, 4.69) is 73.4 Å². The maximum atomic E-state index is 4.74. The summed E-state index contributed by atoms with van der Waals surface area (Å²) in [6.07, 6.45) is 2.85. The minimum Gasteiger partial charge on any atom is -0.256 e. The molecule has 4 rings (SSSR count). The van der Waals surface area contributed by atoms with Gasteiger partial charge in [-0.25, -0.2) is 0 Å². The Kier molecular flexibility index (Phi) is 3.30. The molecule has 4 aromatic rings. The fourth-order valence-corrected chi connectivity index (χ4v) is 3.13. The Morgan fingerprint density at radius 3 is 2.57 bits per heavy atom. The first-order valence-corrected chi connectivity index (χ1v) is 8.00. The number of hydrogen-bond acceptors (Lipinski definition) is 2. The Hall–Kier alpha value is -2.74. The zero-order chi connectivity index (χ0) is 15.8. The molecule has 0 aliphatic heterocycles. The van der Waals surface area contributed by atoms with E-state index in [1.54, 1.807) is 0 Å². The van der Waals surface area contributed by atoms with Gasteiger partial charge in [0.2, 0.25) is 0 Å². The van der Waals surface area contributed by atoms with Crippen molar-refractivity contribution in [2.45, 2.75) is 20.3 Å². The maximum Gasteiger partial charge on any atom is 0.0780 e. The highest BCUT2D eigenvalue weighted by Gasteiger charge is 2.09. The van der Waals surface area contributed by atoms with Crippen molar-refractivity contribution in [1.82, 2.24) is 9.97 Å². The van der Waals surface area contributed by atoms with Gasteiger partial charge in [-0.15, -0.1) is 0 Å². The molecular weight excluding hydrogens is 280 g/mol. The first-order chi connectivity index (χ1) is 11.3. The quantitative estimate of drug-likeness (QED) is 0.468. The normalized spacial score (nSPS) is 11.2. The second-order valence-corrected chi connectivity index (χ2v) is 5.91. The number of hydrogen-bond donors (Lipinski definition) is 0. The molecule has 0 amide bonds. The fourth-order valence-electron chi connectivity index (χ4n) is 3.13. The molecule has 0 N–H and O–H groups in total. The molecule has 0 saturated carbocycles. The molecule has 0 saturated heterocycles. The zero-order valence-corrected chi connectivity index (χ0v) is 13.4. The fraction of sp³-hybridized carbons (Fsp3) is 0.143. The Morgan fingerprint density at radius 1 is 0.870 bits per heavy atom. The van der Waals surface area contributed by atoms with Gasteiger partial charge in [0.25, 0.3) is 0 Å². The van der Waals surface area contributed by atoms with Crippen molar-refractivity contribution in [3.05, 3.63) is 72.1 Å². The molecule has 0 spiro atoms. The highest BCUT2D eigenvalue weighted by Crippen LogP contribution is 2.31. The molecule has 0 radical (unpaired) electrons. The molecule has 0 fully saturated rings. The van der Waals surface area contributed by atoms with Crippen molar-refractivity contribution < 1.29 is 0 Å². The van der Waals surface area contributed by atoms with Gasteiger partial charge >= 0.3 is 0 Å². The zero-order valence-electron chi connectivity index (χ0n) is 13.4. The van der Waals surface area contributed by atoms with E-state index in [0.717, 1.165) is 28.9 Å². The molecule has 0 unspecified atom stereocenters. The summed E-state index contributed by atoms with van der Waals surface area (Å²) >= 11 is 0. The van der Waals surface area contributed by atoms with E-state index >= 15 is 0 Å². The lowest BCUT2D eigenvalue weighted by Gasteiger charge is -2.09. The Labute approximate surface area is 135 Å². The Bertz CT molecular complexity index is 1020. The summed E-state index contributed by atoms with van der Waals surface area (Å²) in [5.41, 5.74) is 5.63. The van der Waals surface area contributed by atoms with Gasteiger partial charge in [0.05, 0.1) is 11.2 Å². The van der Waals surface area contributed by atoms with Crippen molar-refractivity contribution in [2.24, 2.45) is 0 Å². The summed E-state index contributed by atoms with van der Waals surface area (Å²) in [4.78, 5) is 9.38. The average Bonchev–Trinajstić information content (AvgIpc) is 2.60. The van der Waals surface area contributed by atoms with Gasteiger partial charge in [0.1, 0.15) is 0 Å². The molecule has 23 heavy (non-hydrogen) atoms. The van der Waals surface area contributed by atoms with E-state index in [1.165, 1.54) is 21.7 Å². The van der Waals surface area contributed by atoms with Crippen LogP contribution in [0.15, 0.2) is 60.8 Å². The van der Waals surface area contributed by atoms with Crippen LogP contribution >= 0.6 is 0 Å². The molecule has 0 aliphatic rings. The monoisotopic (exact) mass is 298 g/mol. The third kappa shape index (κ3) is 2.36. The van der Waals surface area contributed by atoms with Crippen LogP contribution in [0.2, 0.25) is 0 Å². The molecule has 2 nitrogen and oxygen atoms in total. The molecular formula is C21H18N2. The van der Waals surface area contributed by atoms with Gasteiger partial charge in [-0.3, -0.25) is 9.97 Å². The second kappa shape index (κ2) is 5.47. The summed E-state index contributed by atoms with van der Waals surface area (Å²) in [7, 11) is 0. The summed E-state index contributed by atoms with van der Waals surface area (Å²) in [6, 6.07) is 19.2. The Balaban J connectivity index is 2.03. The molecule has 0 atom stereocenters. The molecule has 2 aromatic heterocycles. The number of fused-ring (bicyclic) bond motifs is 3. The molecule has 0 aliphatic carbocycles. The number of aromatic nitrogens is 2. The van der Waals surface area contributed by atoms with E-state index in [0.29, 0.717) is 0 Å². The lowest BCUT2D eigenvalue weighted by Crippen LogP contribution is -1.91. The number of aryl methyl sites for hydroxylation is 2. The second-order valence-electron chi connectivity index (χ2n) is 5.91. The minimum absolute atomic E-state index is 0.957. The van der Waals surface area contributed by atoms with Crippen molar-refractivity contribution >= 4 is 21.7 Å². The van der Waals surface area contributed by atoms with E-state index in [9.17, 15) is 0 Å². The highest BCUT2D eigenvalue weighted by molar-refractivity contribution is 6.10. The molecule has 0 bridgehead atoms. The summed E-state index contributed by atoms with van der Waals surface area (Å²) in [5.74, 6) is 0. The largest absolute Gasteiger partial charge is 0.256 e. The van der Waals surface area contributed by atoms with Crippen LogP contribution in [-0.2, 0) is 6.42 Å². The lowest BCUT2D eigenvalue weighted by atomic mass is 9.99. The molecule has 2 heteroatoms. The lowest BCUT2D eigenvalue weighted by molar-refractivity contribution is 1.06. The first-order valence-electron chi connectivity index (χ1n) is 8.00. The van der Waals surface area contributed by atoms with Gasteiger partial charge in [-0.1, -0.05) is 36.8 Å². The van der Waals surface area contributed by atoms with Crippen molar-refractivity contribution in [2.75, 3.05) is 0 Å². The van der Waals surface area contributed by atoms with Gasteiger partial charge < -0.3 is 0 Å². The van der Waals surface area contributed by atoms with Crippen LogP contribution in [0.25, 0.3) is 32.9 Å². The van der Waals surface area contributed by atoms with Crippen LogP contribution in [-0.4, -0.2) is 9.97 Å². The SMILES string of the molecule is CCc1ccc2c(ccc3c(-c4cccc(C)c4)nccc32)n1.